The number of carbonyl (C=O) groups is 4. The van der Waals surface area contributed by atoms with E-state index in [1.165, 1.54) is 6.92 Å². The zero-order valence-electron chi connectivity index (χ0n) is 23.3. The van der Waals surface area contributed by atoms with Crippen LogP contribution in [-0.4, -0.2) is 53.7 Å². The highest BCUT2D eigenvalue weighted by molar-refractivity contribution is 5.92. The van der Waals surface area contributed by atoms with Crippen LogP contribution in [0.2, 0.25) is 0 Å². The standard InChI is InChI=1S/C32H35N3O6/c1-19(2)28(31(38)39)35-29(36)20(3)33-30(37)27(17-21-11-5-4-6-12-21)34-32(40)41-18-26-24-15-9-7-13-22(24)23-14-8-10-16-25(23)26/h4-16,19-20,26-28H,17-18H2,1-3H3,(H,33,37)(H,34,40)(H,35,36)(H,38,39)/t20-,27-,28?/m0/s1. The third-order valence-electron chi connectivity index (χ3n) is 7.22. The van der Waals surface area contributed by atoms with Gasteiger partial charge in [0.05, 0.1) is 0 Å². The molecule has 3 aromatic rings. The fourth-order valence-corrected chi connectivity index (χ4v) is 5.01. The monoisotopic (exact) mass is 557 g/mol. The summed E-state index contributed by atoms with van der Waals surface area (Å²) in [6.45, 7) is 4.90. The highest BCUT2D eigenvalue weighted by Gasteiger charge is 2.31. The van der Waals surface area contributed by atoms with E-state index in [4.69, 9.17) is 4.74 Å². The lowest BCUT2D eigenvalue weighted by molar-refractivity contribution is -0.143. The Morgan fingerprint density at radius 3 is 1.88 bits per heavy atom. The Balaban J connectivity index is 1.43. The Labute approximate surface area is 239 Å². The van der Waals surface area contributed by atoms with Crippen molar-refractivity contribution in [2.45, 2.75) is 51.2 Å². The van der Waals surface area contributed by atoms with E-state index in [0.29, 0.717) is 0 Å². The third kappa shape index (κ3) is 7.11. The summed E-state index contributed by atoms with van der Waals surface area (Å²) in [5.41, 5.74) is 5.15. The number of rotatable bonds is 11. The minimum Gasteiger partial charge on any atom is -0.480 e. The van der Waals surface area contributed by atoms with Gasteiger partial charge >= 0.3 is 12.1 Å². The minimum atomic E-state index is -1.16. The van der Waals surface area contributed by atoms with Crippen LogP contribution in [0.5, 0.6) is 0 Å². The molecule has 0 saturated heterocycles. The number of carboxylic acids is 1. The van der Waals surface area contributed by atoms with Gasteiger partial charge in [-0.3, -0.25) is 9.59 Å². The molecule has 1 aliphatic carbocycles. The average molecular weight is 558 g/mol. The average Bonchev–Trinajstić information content (AvgIpc) is 3.28. The molecule has 0 heterocycles. The lowest BCUT2D eigenvalue weighted by Gasteiger charge is -2.24. The molecule has 0 fully saturated rings. The van der Waals surface area contributed by atoms with Crippen LogP contribution in [-0.2, 0) is 25.5 Å². The van der Waals surface area contributed by atoms with Crippen molar-refractivity contribution in [1.29, 1.82) is 0 Å². The van der Waals surface area contributed by atoms with Crippen molar-refractivity contribution in [1.82, 2.24) is 16.0 Å². The number of fused-ring (bicyclic) bond motifs is 3. The number of carbonyl (C=O) groups excluding carboxylic acids is 3. The molecule has 0 aromatic heterocycles. The van der Waals surface area contributed by atoms with Crippen LogP contribution in [0.15, 0.2) is 78.9 Å². The van der Waals surface area contributed by atoms with Gasteiger partial charge < -0.3 is 25.8 Å². The SMILES string of the molecule is CC(C)C(NC(=O)[C@H](C)NC(=O)[C@H](Cc1ccccc1)NC(=O)OCC1c2ccccc2-c2ccccc21)C(=O)O. The lowest BCUT2D eigenvalue weighted by atomic mass is 9.98. The third-order valence-corrected chi connectivity index (χ3v) is 7.22. The Bertz CT molecular complexity index is 1360. The van der Waals surface area contributed by atoms with Crippen LogP contribution in [0, 0.1) is 5.92 Å². The number of benzene rings is 3. The van der Waals surface area contributed by atoms with Gasteiger partial charge in [-0.05, 0) is 40.7 Å². The number of alkyl carbamates (subject to hydrolysis) is 1. The fraction of sp³-hybridized carbons (Fsp3) is 0.312. The summed E-state index contributed by atoms with van der Waals surface area (Å²) in [6, 6.07) is 22.0. The molecule has 9 heteroatoms. The molecule has 0 bridgehead atoms. The van der Waals surface area contributed by atoms with Crippen LogP contribution >= 0.6 is 0 Å². The van der Waals surface area contributed by atoms with Gasteiger partial charge in [-0.2, -0.15) is 0 Å². The highest BCUT2D eigenvalue weighted by Crippen LogP contribution is 2.44. The molecular formula is C32H35N3O6. The largest absolute Gasteiger partial charge is 0.480 e. The molecule has 4 N–H and O–H groups in total. The normalized spacial score (nSPS) is 14.2. The van der Waals surface area contributed by atoms with Gasteiger partial charge in [0.2, 0.25) is 11.8 Å². The fourth-order valence-electron chi connectivity index (χ4n) is 5.01. The molecule has 214 valence electrons. The van der Waals surface area contributed by atoms with Crippen molar-refractivity contribution in [2.75, 3.05) is 6.61 Å². The second kappa shape index (κ2) is 13.1. The minimum absolute atomic E-state index is 0.0874. The maximum absolute atomic E-state index is 13.3. The maximum atomic E-state index is 13.3. The number of hydrogen-bond acceptors (Lipinski definition) is 5. The van der Waals surface area contributed by atoms with E-state index in [0.717, 1.165) is 27.8 Å². The quantitative estimate of drug-likeness (QED) is 0.283. The molecule has 3 aromatic carbocycles. The van der Waals surface area contributed by atoms with Gasteiger partial charge in [0.1, 0.15) is 24.7 Å². The molecule has 4 rings (SSSR count). The van der Waals surface area contributed by atoms with E-state index in [1.807, 2.05) is 78.9 Å². The smallest absolute Gasteiger partial charge is 0.407 e. The Morgan fingerprint density at radius 2 is 1.32 bits per heavy atom. The summed E-state index contributed by atoms with van der Waals surface area (Å²) >= 11 is 0. The number of hydrogen-bond donors (Lipinski definition) is 4. The Hall–Kier alpha value is -4.66. The molecule has 1 unspecified atom stereocenters. The summed E-state index contributed by atoms with van der Waals surface area (Å²) < 4.78 is 5.64. The van der Waals surface area contributed by atoms with Gasteiger partial charge in [-0.1, -0.05) is 92.7 Å². The molecule has 0 saturated carbocycles. The van der Waals surface area contributed by atoms with Crippen molar-refractivity contribution in [2.24, 2.45) is 5.92 Å². The van der Waals surface area contributed by atoms with Crippen LogP contribution in [0.25, 0.3) is 11.1 Å². The maximum Gasteiger partial charge on any atom is 0.407 e. The van der Waals surface area contributed by atoms with Crippen LogP contribution in [0.3, 0.4) is 0 Å². The van der Waals surface area contributed by atoms with E-state index in [-0.39, 0.29) is 24.9 Å². The summed E-state index contributed by atoms with van der Waals surface area (Å²) in [7, 11) is 0. The molecule has 0 radical (unpaired) electrons. The van der Waals surface area contributed by atoms with Gasteiger partial charge in [-0.15, -0.1) is 0 Å². The number of ether oxygens (including phenoxy) is 1. The zero-order valence-corrected chi connectivity index (χ0v) is 23.3. The summed E-state index contributed by atoms with van der Waals surface area (Å²) in [6.07, 6.45) is -0.597. The van der Waals surface area contributed by atoms with Crippen LogP contribution in [0.4, 0.5) is 4.79 Å². The lowest BCUT2D eigenvalue weighted by Crippen LogP contribution is -2.56. The number of amides is 3. The van der Waals surface area contributed by atoms with Crippen molar-refractivity contribution in [3.05, 3.63) is 95.6 Å². The first-order chi connectivity index (χ1) is 19.7. The summed E-state index contributed by atoms with van der Waals surface area (Å²) in [4.78, 5) is 50.4. The van der Waals surface area contributed by atoms with Gasteiger partial charge in [0.15, 0.2) is 0 Å². The van der Waals surface area contributed by atoms with Gasteiger partial charge in [-0.25, -0.2) is 9.59 Å². The van der Waals surface area contributed by atoms with E-state index in [9.17, 15) is 24.3 Å². The molecule has 0 spiro atoms. The first-order valence-electron chi connectivity index (χ1n) is 13.6. The first kappa shape index (κ1) is 29.3. The first-order valence-corrected chi connectivity index (χ1v) is 13.6. The predicted octanol–water partition coefficient (Wildman–Crippen LogP) is 3.87. The Kier molecular flexibility index (Phi) is 9.39. The van der Waals surface area contributed by atoms with Crippen molar-refractivity contribution >= 4 is 23.9 Å². The Morgan fingerprint density at radius 1 is 0.756 bits per heavy atom. The summed E-state index contributed by atoms with van der Waals surface area (Å²) in [5, 5.41) is 17.1. The topological polar surface area (TPSA) is 134 Å². The van der Waals surface area contributed by atoms with E-state index < -0.39 is 42.0 Å². The van der Waals surface area contributed by atoms with Gasteiger partial charge in [0.25, 0.3) is 0 Å². The number of aliphatic carboxylic acids is 1. The van der Waals surface area contributed by atoms with Crippen molar-refractivity contribution in [3.63, 3.8) is 0 Å². The molecule has 1 aliphatic rings. The second-order valence-electron chi connectivity index (χ2n) is 10.5. The summed E-state index contributed by atoms with van der Waals surface area (Å²) in [5.74, 6) is -2.88. The van der Waals surface area contributed by atoms with Crippen LogP contribution < -0.4 is 16.0 Å². The highest BCUT2D eigenvalue weighted by atomic mass is 16.5. The van der Waals surface area contributed by atoms with Gasteiger partial charge in [0, 0.05) is 12.3 Å². The van der Waals surface area contributed by atoms with E-state index in [2.05, 4.69) is 16.0 Å². The van der Waals surface area contributed by atoms with E-state index in [1.54, 1.807) is 13.8 Å². The second-order valence-corrected chi connectivity index (χ2v) is 10.5. The number of nitrogens with one attached hydrogen (secondary N) is 3. The molecule has 41 heavy (non-hydrogen) atoms. The van der Waals surface area contributed by atoms with Crippen LogP contribution in [0.1, 0.15) is 43.4 Å². The molecule has 3 amide bonds. The molecule has 3 atom stereocenters. The predicted molar refractivity (Wildman–Crippen MR) is 154 cm³/mol. The van der Waals surface area contributed by atoms with Crippen molar-refractivity contribution < 1.29 is 29.0 Å². The molecule has 9 nitrogen and oxygen atoms in total. The number of carboxylic acid groups (broad SMARTS) is 1. The zero-order chi connectivity index (χ0) is 29.5. The molecular weight excluding hydrogens is 522 g/mol. The molecule has 0 aliphatic heterocycles. The van der Waals surface area contributed by atoms with E-state index >= 15 is 0 Å². The van der Waals surface area contributed by atoms with Crippen molar-refractivity contribution in [3.8, 4) is 11.1 Å².